The maximum atomic E-state index is 13.7. The highest BCUT2D eigenvalue weighted by atomic mass is 32.2. The number of hydrogen-bond donors (Lipinski definition) is 1. The van der Waals surface area contributed by atoms with Gasteiger partial charge < -0.3 is 5.32 Å². The van der Waals surface area contributed by atoms with Crippen LogP contribution in [0, 0.1) is 26.6 Å². The number of hydrogen-bond acceptors (Lipinski definition) is 3. The Morgan fingerprint density at radius 3 is 2.32 bits per heavy atom. The Morgan fingerprint density at radius 1 is 1.07 bits per heavy atom. The Labute approximate surface area is 165 Å². The molecule has 0 unspecified atom stereocenters. The van der Waals surface area contributed by atoms with Crippen LogP contribution in [-0.2, 0) is 21.5 Å². The zero-order chi connectivity index (χ0) is 20.5. The SMILES string of the molecule is Cc1cc(C)c(CN2CCN(CC(=O)Nc3ccccc3F)S2(=O)=O)c(C)c1. The van der Waals surface area contributed by atoms with Crippen LogP contribution in [0.15, 0.2) is 36.4 Å². The van der Waals surface area contributed by atoms with Crippen molar-refractivity contribution >= 4 is 21.8 Å². The summed E-state index contributed by atoms with van der Waals surface area (Å²) in [6.45, 7) is 6.39. The molecular formula is C20H24FN3O3S. The van der Waals surface area contributed by atoms with Gasteiger partial charge in [-0.1, -0.05) is 29.8 Å². The smallest absolute Gasteiger partial charge is 0.282 e. The van der Waals surface area contributed by atoms with Gasteiger partial charge in [0.05, 0.1) is 12.2 Å². The zero-order valence-electron chi connectivity index (χ0n) is 16.2. The summed E-state index contributed by atoms with van der Waals surface area (Å²) in [6.07, 6.45) is 0. The van der Waals surface area contributed by atoms with Crippen LogP contribution in [0.3, 0.4) is 0 Å². The van der Waals surface area contributed by atoms with E-state index in [1.807, 2.05) is 32.9 Å². The first-order valence-corrected chi connectivity index (χ1v) is 10.4. The van der Waals surface area contributed by atoms with Gasteiger partial charge in [-0.25, -0.2) is 4.39 Å². The predicted octanol–water partition coefficient (Wildman–Crippen LogP) is 2.75. The number of benzene rings is 2. The minimum absolute atomic E-state index is 0.0341. The maximum absolute atomic E-state index is 13.7. The molecule has 8 heteroatoms. The summed E-state index contributed by atoms with van der Waals surface area (Å²) < 4.78 is 41.9. The molecule has 0 bridgehead atoms. The fourth-order valence-corrected chi connectivity index (χ4v) is 5.01. The number of carbonyl (C=O) groups excluding carboxylic acids is 1. The van der Waals surface area contributed by atoms with E-state index in [9.17, 15) is 17.6 Å². The second-order valence-electron chi connectivity index (χ2n) is 7.08. The van der Waals surface area contributed by atoms with Gasteiger partial charge in [-0.15, -0.1) is 0 Å². The fraction of sp³-hybridized carbons (Fsp3) is 0.350. The normalized spacial score (nSPS) is 17.0. The minimum Gasteiger partial charge on any atom is -0.322 e. The van der Waals surface area contributed by atoms with Gasteiger partial charge in [-0.2, -0.15) is 17.0 Å². The molecule has 1 fully saturated rings. The molecule has 2 aromatic carbocycles. The number of amides is 1. The summed E-state index contributed by atoms with van der Waals surface area (Å²) in [5, 5.41) is 2.43. The van der Waals surface area contributed by atoms with E-state index >= 15 is 0 Å². The topological polar surface area (TPSA) is 69.7 Å². The van der Waals surface area contributed by atoms with E-state index < -0.39 is 21.9 Å². The average molecular weight is 405 g/mol. The van der Waals surface area contributed by atoms with Crippen molar-refractivity contribution in [1.82, 2.24) is 8.61 Å². The largest absolute Gasteiger partial charge is 0.322 e. The lowest BCUT2D eigenvalue weighted by atomic mass is 10.00. The summed E-state index contributed by atoms with van der Waals surface area (Å²) in [5.74, 6) is -1.13. The van der Waals surface area contributed by atoms with Crippen LogP contribution >= 0.6 is 0 Å². The van der Waals surface area contributed by atoms with Crippen molar-refractivity contribution < 1.29 is 17.6 Å². The molecule has 2 aromatic rings. The quantitative estimate of drug-likeness (QED) is 0.832. The molecule has 6 nitrogen and oxygen atoms in total. The molecule has 1 amide bonds. The lowest BCUT2D eigenvalue weighted by Crippen LogP contribution is -2.38. The molecule has 1 heterocycles. The van der Waals surface area contributed by atoms with Crippen LogP contribution in [0.4, 0.5) is 10.1 Å². The van der Waals surface area contributed by atoms with Crippen LogP contribution in [-0.4, -0.2) is 42.6 Å². The first-order chi connectivity index (χ1) is 13.2. The van der Waals surface area contributed by atoms with Gasteiger partial charge in [0.15, 0.2) is 0 Å². The first kappa shape index (κ1) is 20.4. The molecule has 150 valence electrons. The summed E-state index contributed by atoms with van der Waals surface area (Å²) in [5.41, 5.74) is 4.24. The Morgan fingerprint density at radius 2 is 1.68 bits per heavy atom. The molecule has 28 heavy (non-hydrogen) atoms. The molecular weight excluding hydrogens is 381 g/mol. The number of halogens is 1. The van der Waals surface area contributed by atoms with E-state index in [2.05, 4.69) is 5.32 Å². The number of nitrogens with zero attached hydrogens (tertiary/aromatic N) is 2. The third kappa shape index (κ3) is 4.24. The summed E-state index contributed by atoms with van der Waals surface area (Å²) >= 11 is 0. The maximum Gasteiger partial charge on any atom is 0.282 e. The van der Waals surface area contributed by atoms with Gasteiger partial charge in [0.25, 0.3) is 10.2 Å². The van der Waals surface area contributed by atoms with E-state index in [-0.39, 0.29) is 25.3 Å². The lowest BCUT2D eigenvalue weighted by Gasteiger charge is -2.20. The molecule has 1 saturated heterocycles. The second kappa shape index (κ2) is 7.98. The van der Waals surface area contributed by atoms with Crippen LogP contribution in [0.25, 0.3) is 0 Å². The molecule has 1 aliphatic heterocycles. The van der Waals surface area contributed by atoms with E-state index in [1.165, 1.54) is 22.5 Å². The van der Waals surface area contributed by atoms with Crippen LogP contribution in [0.1, 0.15) is 22.3 Å². The molecule has 0 radical (unpaired) electrons. The van der Waals surface area contributed by atoms with Gasteiger partial charge >= 0.3 is 0 Å². The fourth-order valence-electron chi connectivity index (χ4n) is 3.49. The monoisotopic (exact) mass is 405 g/mol. The first-order valence-electron chi connectivity index (χ1n) is 9.05. The number of para-hydroxylation sites is 1. The third-order valence-electron chi connectivity index (χ3n) is 4.89. The van der Waals surface area contributed by atoms with Crippen molar-refractivity contribution in [2.45, 2.75) is 27.3 Å². The van der Waals surface area contributed by atoms with Crippen molar-refractivity contribution in [1.29, 1.82) is 0 Å². The Balaban J connectivity index is 1.70. The molecule has 1 N–H and O–H groups in total. The molecule has 0 saturated carbocycles. The molecule has 0 atom stereocenters. The van der Waals surface area contributed by atoms with Gasteiger partial charge in [0.2, 0.25) is 5.91 Å². The molecule has 0 spiro atoms. The second-order valence-corrected chi connectivity index (χ2v) is 9.01. The molecule has 3 rings (SSSR count). The van der Waals surface area contributed by atoms with E-state index in [4.69, 9.17) is 0 Å². The van der Waals surface area contributed by atoms with Gasteiger partial charge in [0, 0.05) is 19.6 Å². The molecule has 0 aliphatic carbocycles. The lowest BCUT2D eigenvalue weighted by molar-refractivity contribution is -0.116. The summed E-state index contributed by atoms with van der Waals surface area (Å²) in [6, 6.07) is 9.84. The van der Waals surface area contributed by atoms with Crippen LogP contribution in [0.2, 0.25) is 0 Å². The minimum atomic E-state index is -3.76. The highest BCUT2D eigenvalue weighted by molar-refractivity contribution is 7.87. The Kier molecular flexibility index (Phi) is 5.83. The summed E-state index contributed by atoms with van der Waals surface area (Å²) in [4.78, 5) is 12.2. The van der Waals surface area contributed by atoms with Crippen molar-refractivity contribution in [3.8, 4) is 0 Å². The zero-order valence-corrected chi connectivity index (χ0v) is 17.0. The predicted molar refractivity (Wildman–Crippen MR) is 107 cm³/mol. The Bertz CT molecular complexity index is 985. The van der Waals surface area contributed by atoms with Crippen LogP contribution < -0.4 is 5.32 Å². The van der Waals surface area contributed by atoms with Crippen molar-refractivity contribution in [2.75, 3.05) is 25.0 Å². The Hall–Kier alpha value is -2.29. The standard InChI is InChI=1S/C20H24FN3O3S/c1-14-10-15(2)17(16(3)11-14)12-23-8-9-24(28(23,26)27)13-20(25)22-19-7-5-4-6-18(19)21/h4-7,10-11H,8-9,12-13H2,1-3H3,(H,22,25). The number of rotatable bonds is 5. The number of aryl methyl sites for hydroxylation is 3. The molecule has 1 aliphatic rings. The van der Waals surface area contributed by atoms with E-state index in [0.29, 0.717) is 6.54 Å². The van der Waals surface area contributed by atoms with Crippen LogP contribution in [0.5, 0.6) is 0 Å². The van der Waals surface area contributed by atoms with Crippen molar-refractivity contribution in [2.24, 2.45) is 0 Å². The van der Waals surface area contributed by atoms with E-state index in [0.717, 1.165) is 26.6 Å². The molecule has 0 aromatic heterocycles. The number of nitrogens with one attached hydrogen (secondary N) is 1. The number of carbonyl (C=O) groups is 1. The van der Waals surface area contributed by atoms with Gasteiger partial charge in [0.1, 0.15) is 5.82 Å². The van der Waals surface area contributed by atoms with Gasteiger partial charge in [-0.3, -0.25) is 4.79 Å². The third-order valence-corrected chi connectivity index (χ3v) is 6.82. The van der Waals surface area contributed by atoms with E-state index in [1.54, 1.807) is 6.07 Å². The van der Waals surface area contributed by atoms with Crippen molar-refractivity contribution in [3.05, 3.63) is 64.5 Å². The summed E-state index contributed by atoms with van der Waals surface area (Å²) in [7, 11) is -3.76. The number of anilines is 1. The van der Waals surface area contributed by atoms with Crippen molar-refractivity contribution in [3.63, 3.8) is 0 Å². The highest BCUT2D eigenvalue weighted by Gasteiger charge is 2.37. The van der Waals surface area contributed by atoms with Gasteiger partial charge in [-0.05, 0) is 49.6 Å². The average Bonchev–Trinajstić information content (AvgIpc) is 2.87. The highest BCUT2D eigenvalue weighted by Crippen LogP contribution is 2.24.